The Morgan fingerprint density at radius 1 is 1.06 bits per heavy atom. The Labute approximate surface area is 227 Å². The molecular weight excluding hydrogens is 589 g/mol. The minimum atomic E-state index is -4.32. The molecule has 4 N–H and O–H groups in total. The molecule has 1 aliphatic rings. The molecule has 1 aliphatic heterocycles. The Bertz CT molecular complexity index is 1540. The van der Waals surface area contributed by atoms with E-state index in [2.05, 4.69) is 10.2 Å². The van der Waals surface area contributed by atoms with Gasteiger partial charge in [-0.25, -0.2) is 8.42 Å². The Morgan fingerprint density at radius 3 is 2.50 bits per heavy atom. The highest BCUT2D eigenvalue weighted by molar-refractivity contribution is 8.03. The Kier molecular flexibility index (Phi) is 8.66. The van der Waals surface area contributed by atoms with Crippen molar-refractivity contribution >= 4 is 88.5 Å². The topological polar surface area (TPSA) is 137 Å². The van der Waals surface area contributed by atoms with Gasteiger partial charge in [-0.15, -0.1) is 0 Å². The van der Waals surface area contributed by atoms with Crippen molar-refractivity contribution in [3.05, 3.63) is 56.5 Å². The third kappa shape index (κ3) is 6.78. The summed E-state index contributed by atoms with van der Waals surface area (Å²) in [6, 6.07) is 11.1. The van der Waals surface area contributed by atoms with Gasteiger partial charge >= 0.3 is 10.1 Å². The van der Waals surface area contributed by atoms with Gasteiger partial charge in [0.25, 0.3) is 5.01 Å². The van der Waals surface area contributed by atoms with E-state index in [4.69, 9.17) is 23.2 Å². The summed E-state index contributed by atoms with van der Waals surface area (Å²) in [5.74, 6) is 2.37. The zero-order valence-corrected chi connectivity index (χ0v) is 23.6. The molecule has 0 aliphatic carbocycles. The van der Waals surface area contributed by atoms with E-state index in [1.807, 2.05) is 34.9 Å². The van der Waals surface area contributed by atoms with Crippen LogP contribution in [0, 0.1) is 0 Å². The number of nitrogens with zero attached hydrogens (tertiary/aromatic N) is 1. The number of thioether (sulfide) groups is 1. The zero-order valence-electron chi connectivity index (χ0n) is 18.8. The first kappa shape index (κ1) is 27.8. The van der Waals surface area contributed by atoms with Crippen LogP contribution in [-0.4, -0.2) is 39.4 Å². The van der Waals surface area contributed by atoms with Crippen molar-refractivity contribution < 1.29 is 41.0 Å². The molecule has 3 aromatic rings. The molecule has 1 aromatic heterocycles. The van der Waals surface area contributed by atoms with Crippen LogP contribution in [0.4, 0.5) is 5.69 Å². The molecule has 4 rings (SSSR count). The van der Waals surface area contributed by atoms with Gasteiger partial charge in [0, 0.05) is 40.8 Å². The molecule has 2 heterocycles. The van der Waals surface area contributed by atoms with Crippen molar-refractivity contribution in [2.45, 2.75) is 24.3 Å². The molecule has 1 unspecified atom stereocenters. The van der Waals surface area contributed by atoms with E-state index >= 15 is 0 Å². The molecule has 2 aromatic carbocycles. The van der Waals surface area contributed by atoms with E-state index < -0.39 is 26.0 Å². The molecule has 36 heavy (non-hydrogen) atoms. The lowest BCUT2D eigenvalue weighted by Gasteiger charge is -2.14. The number of fused-ring (bicyclic) bond motifs is 2. The van der Waals surface area contributed by atoms with Gasteiger partial charge in [0.1, 0.15) is 4.70 Å². The smallest absolute Gasteiger partial charge is 0.314 e. The van der Waals surface area contributed by atoms with Crippen LogP contribution in [0.1, 0.15) is 17.8 Å². The van der Waals surface area contributed by atoms with Crippen molar-refractivity contribution in [3.8, 4) is 0 Å². The molecule has 0 saturated heterocycles. The summed E-state index contributed by atoms with van der Waals surface area (Å²) in [6.45, 7) is 0.790. The first-order chi connectivity index (χ1) is 17.0. The molecular formula is C21H23Cl2N3O6S4+2. The van der Waals surface area contributed by atoms with Crippen LogP contribution in [0.3, 0.4) is 0 Å². The highest BCUT2D eigenvalue weighted by atomic mass is 35.5. The summed E-state index contributed by atoms with van der Waals surface area (Å²) in [5, 5.41) is 2.90. The van der Waals surface area contributed by atoms with Gasteiger partial charge in [-0.2, -0.15) is 18.9 Å². The first-order valence-corrected chi connectivity index (χ1v) is 16.3. The lowest BCUT2D eigenvalue weighted by atomic mass is 10.2. The minimum Gasteiger partial charge on any atom is -0.748 e. The van der Waals surface area contributed by atoms with Gasteiger partial charge in [-0.3, -0.25) is 4.90 Å². The third-order valence-corrected chi connectivity index (χ3v) is 10.2. The van der Waals surface area contributed by atoms with E-state index in [0.717, 1.165) is 35.7 Å². The predicted molar refractivity (Wildman–Crippen MR) is 139 cm³/mol. The number of aromatic nitrogens is 1. The molecule has 9 nitrogen and oxygen atoms in total. The number of benzene rings is 2. The van der Waals surface area contributed by atoms with E-state index in [1.54, 1.807) is 23.9 Å². The van der Waals surface area contributed by atoms with Crippen molar-refractivity contribution in [2.24, 2.45) is 0 Å². The fourth-order valence-electron chi connectivity index (χ4n) is 3.92. The summed E-state index contributed by atoms with van der Waals surface area (Å²) in [7, 11) is -8.02. The monoisotopic (exact) mass is 611 g/mol. The van der Waals surface area contributed by atoms with E-state index in [-0.39, 0.29) is 12.2 Å². The van der Waals surface area contributed by atoms with Gasteiger partial charge in [-0.05, 0) is 36.0 Å². The number of hydrogen-bond acceptors (Lipinski definition) is 8. The molecule has 0 spiro atoms. The fraction of sp³-hybridized carbons (Fsp3) is 0.286. The van der Waals surface area contributed by atoms with Crippen LogP contribution in [0.5, 0.6) is 0 Å². The van der Waals surface area contributed by atoms with Gasteiger partial charge in [0.2, 0.25) is 5.52 Å². The maximum absolute atomic E-state index is 11.8. The summed E-state index contributed by atoms with van der Waals surface area (Å²) in [5.41, 5.74) is 1.78. The van der Waals surface area contributed by atoms with E-state index in [9.17, 15) is 21.4 Å². The number of hydrogen-bond donors (Lipinski definition) is 2. The largest absolute Gasteiger partial charge is 0.748 e. The standard InChI is InChI=1S/C21H22Cl2N3O6S4/c22-14-3-5-18-16(11-14)25(7-1-9-35(27,28)29)20(33-18)13-21-26(8-2-10-36(30,31)32-24)17-12-15(23)4-6-19(17)34-21/h3-6,11-13H,1-2,7-10H2,24H3/q+1/p+1. The zero-order chi connectivity index (χ0) is 26.1. The average Bonchev–Trinajstić information content (AvgIpc) is 3.30. The van der Waals surface area contributed by atoms with Gasteiger partial charge in [0.05, 0.1) is 33.4 Å². The number of rotatable bonds is 10. The molecule has 1 atom stereocenters. The molecule has 194 valence electrons. The van der Waals surface area contributed by atoms with Crippen LogP contribution in [-0.2, 0) is 31.1 Å². The van der Waals surface area contributed by atoms with E-state index in [0.29, 0.717) is 29.6 Å². The molecule has 0 radical (unpaired) electrons. The number of nitrogens with one attached hydrogen (secondary N) is 1. The van der Waals surface area contributed by atoms with Crippen LogP contribution in [0.2, 0.25) is 10.0 Å². The van der Waals surface area contributed by atoms with Gasteiger partial charge in [-0.1, -0.05) is 38.8 Å². The van der Waals surface area contributed by atoms with Crippen molar-refractivity contribution in [1.29, 1.82) is 0 Å². The summed E-state index contributed by atoms with van der Waals surface area (Å²) >= 11 is 15.6. The summed E-state index contributed by atoms with van der Waals surface area (Å²) < 4.78 is 64.3. The number of quaternary nitrogens is 2. The lowest BCUT2D eigenvalue weighted by Crippen LogP contribution is -3.03. The van der Waals surface area contributed by atoms with Crippen molar-refractivity contribution in [2.75, 3.05) is 18.1 Å². The molecule has 0 saturated carbocycles. The first-order valence-electron chi connectivity index (χ1n) is 10.7. The SMILES string of the molecule is [NH3+]OS(=O)(=O)CCC[n+]1c(C=C2Sc3ccc(Cl)cc3[NH+]2CCCS(=O)(=O)[O-])sc2ccc(Cl)cc21. The normalized spacial score (nSPS) is 17.2. The maximum Gasteiger partial charge on any atom is 0.314 e. The number of halogens is 2. The van der Waals surface area contributed by atoms with Gasteiger partial charge in [0.15, 0.2) is 17.3 Å². The minimum absolute atomic E-state index is 0.183. The Hall–Kier alpha value is -1.26. The number of aryl methyl sites for hydroxylation is 1. The fourth-order valence-corrected chi connectivity index (χ4v) is 7.72. The van der Waals surface area contributed by atoms with Crippen LogP contribution < -0.4 is 15.4 Å². The maximum atomic E-state index is 11.8. The molecule has 15 heteroatoms. The van der Waals surface area contributed by atoms with Crippen LogP contribution in [0.15, 0.2) is 46.3 Å². The molecule has 0 fully saturated rings. The average molecular weight is 613 g/mol. The molecule has 0 amide bonds. The highest BCUT2D eigenvalue weighted by Crippen LogP contribution is 2.38. The quantitative estimate of drug-likeness (QED) is 0.203. The second-order valence-corrected chi connectivity index (χ2v) is 14.3. The van der Waals surface area contributed by atoms with Crippen molar-refractivity contribution in [3.63, 3.8) is 0 Å². The number of thiazole rings is 1. The van der Waals surface area contributed by atoms with Crippen LogP contribution >= 0.6 is 46.3 Å². The second kappa shape index (κ2) is 11.2. The lowest BCUT2D eigenvalue weighted by molar-refractivity contribution is -0.779. The summed E-state index contributed by atoms with van der Waals surface area (Å²) in [6.07, 6.45) is 2.50. The predicted octanol–water partition coefficient (Wildman–Crippen LogP) is 1.95. The van der Waals surface area contributed by atoms with Crippen LogP contribution in [0.25, 0.3) is 16.3 Å². The van der Waals surface area contributed by atoms with Gasteiger partial charge < -0.3 is 4.55 Å². The third-order valence-electron chi connectivity index (χ3n) is 5.51. The summed E-state index contributed by atoms with van der Waals surface area (Å²) in [4.78, 5) is 1.90. The Morgan fingerprint density at radius 2 is 1.78 bits per heavy atom. The highest BCUT2D eigenvalue weighted by Gasteiger charge is 2.33. The Balaban J connectivity index is 1.72. The molecule has 0 bridgehead atoms. The van der Waals surface area contributed by atoms with Crippen molar-refractivity contribution in [1.82, 2.24) is 0 Å². The van der Waals surface area contributed by atoms with E-state index in [1.165, 1.54) is 11.3 Å². The second-order valence-electron chi connectivity index (χ2n) is 8.03.